The van der Waals surface area contributed by atoms with E-state index >= 15 is 0 Å². The number of aromatic amines is 1. The van der Waals surface area contributed by atoms with Crippen molar-refractivity contribution >= 4 is 12.2 Å². The molecular weight excluding hydrogens is 360 g/mol. The Bertz CT molecular complexity index is 965. The van der Waals surface area contributed by atoms with Crippen molar-refractivity contribution in [3.63, 3.8) is 0 Å². The highest BCUT2D eigenvalue weighted by molar-refractivity contribution is 7.71. The van der Waals surface area contributed by atoms with Crippen LogP contribution in [0, 0.1) is 11.7 Å². The van der Waals surface area contributed by atoms with E-state index in [-0.39, 0.29) is 0 Å². The Labute approximate surface area is 164 Å². The second-order valence-corrected chi connectivity index (χ2v) is 6.56. The minimum absolute atomic E-state index is 0.505. The van der Waals surface area contributed by atoms with Gasteiger partial charge in [0.05, 0.1) is 13.7 Å². The summed E-state index contributed by atoms with van der Waals surface area (Å²) in [7, 11) is 1.65. The van der Waals surface area contributed by atoms with Gasteiger partial charge in [-0.1, -0.05) is 37.3 Å². The van der Waals surface area contributed by atoms with Gasteiger partial charge in [0, 0.05) is 6.42 Å². The fraction of sp³-hybridized carbons (Fsp3) is 0.300. The third-order valence-electron chi connectivity index (χ3n) is 4.37. The molecule has 0 fully saturated rings. The second kappa shape index (κ2) is 8.73. The van der Waals surface area contributed by atoms with E-state index in [4.69, 9.17) is 21.7 Å². The van der Waals surface area contributed by atoms with E-state index in [1.54, 1.807) is 11.8 Å². The number of nitrogens with zero attached hydrogens (tertiary/aromatic N) is 2. The third kappa shape index (κ3) is 4.49. The van der Waals surface area contributed by atoms with Crippen molar-refractivity contribution in [2.24, 2.45) is 0 Å². The van der Waals surface area contributed by atoms with Crippen LogP contribution in [0.25, 0.3) is 0 Å². The van der Waals surface area contributed by atoms with Crippen LogP contribution < -0.4 is 14.9 Å². The average molecular weight is 385 g/mol. The Morgan fingerprint density at radius 2 is 2.00 bits per heavy atom. The number of ether oxygens (including phenoxy) is 2. The molecule has 0 aliphatic heterocycles. The summed E-state index contributed by atoms with van der Waals surface area (Å²) in [5, 5.41) is 6.99. The van der Waals surface area contributed by atoms with E-state index in [1.807, 2.05) is 37.3 Å². The highest BCUT2D eigenvalue weighted by atomic mass is 32.1. The molecule has 0 amide bonds. The fourth-order valence-corrected chi connectivity index (χ4v) is 2.98. The van der Waals surface area contributed by atoms with Gasteiger partial charge >= 0.3 is 0 Å². The first-order valence-electron chi connectivity index (χ1n) is 8.86. The van der Waals surface area contributed by atoms with Crippen LogP contribution in [0.3, 0.4) is 0 Å². The zero-order chi connectivity index (χ0) is 19.2. The lowest BCUT2D eigenvalue weighted by Crippen LogP contribution is -2.17. The maximum atomic E-state index is 5.97. The quantitative estimate of drug-likeness (QED) is 0.572. The molecule has 0 aliphatic rings. The number of hydrogen-bond donors (Lipinski definition) is 2. The summed E-state index contributed by atoms with van der Waals surface area (Å²) < 4.78 is 13.8. The number of aryl methyl sites for hydroxylation is 2. The summed E-state index contributed by atoms with van der Waals surface area (Å²) in [5.74, 6) is 2.29. The van der Waals surface area contributed by atoms with Crippen molar-refractivity contribution in [3.05, 3.63) is 69.8 Å². The lowest BCUT2D eigenvalue weighted by atomic mass is 10.1. The molecule has 0 aliphatic carbocycles. The van der Waals surface area contributed by atoms with E-state index in [1.165, 1.54) is 5.56 Å². The number of aromatic nitrogens is 3. The molecule has 0 unspecified atom stereocenters. The van der Waals surface area contributed by atoms with Crippen LogP contribution >= 0.6 is 12.2 Å². The summed E-state index contributed by atoms with van der Waals surface area (Å²) >= 11 is 5.25. The van der Waals surface area contributed by atoms with Gasteiger partial charge in [0.2, 0.25) is 4.77 Å². The Kier molecular flexibility index (Phi) is 6.13. The van der Waals surface area contributed by atoms with E-state index in [0.29, 0.717) is 23.7 Å². The SMILES string of the molecule is CCc1n[nH]c(=S)n1NCc1ccc(OCc2ccccc2C)c(OC)c1. The summed E-state index contributed by atoms with van der Waals surface area (Å²) in [4.78, 5) is 0. The maximum absolute atomic E-state index is 5.97. The van der Waals surface area contributed by atoms with Gasteiger partial charge in [0.25, 0.3) is 0 Å². The minimum Gasteiger partial charge on any atom is -0.493 e. The zero-order valence-electron chi connectivity index (χ0n) is 15.8. The average Bonchev–Trinajstić information content (AvgIpc) is 3.05. The molecule has 27 heavy (non-hydrogen) atoms. The second-order valence-electron chi connectivity index (χ2n) is 6.17. The van der Waals surface area contributed by atoms with Gasteiger partial charge in [-0.3, -0.25) is 5.10 Å². The highest BCUT2D eigenvalue weighted by Crippen LogP contribution is 2.29. The van der Waals surface area contributed by atoms with Crippen molar-refractivity contribution in [1.82, 2.24) is 14.9 Å². The summed E-state index contributed by atoms with van der Waals surface area (Å²) in [6.07, 6.45) is 0.787. The van der Waals surface area contributed by atoms with Crippen molar-refractivity contribution < 1.29 is 9.47 Å². The highest BCUT2D eigenvalue weighted by Gasteiger charge is 2.08. The van der Waals surface area contributed by atoms with Crippen LogP contribution in [0.2, 0.25) is 0 Å². The van der Waals surface area contributed by atoms with Crippen molar-refractivity contribution in [3.8, 4) is 11.5 Å². The zero-order valence-corrected chi connectivity index (χ0v) is 16.6. The monoisotopic (exact) mass is 384 g/mol. The topological polar surface area (TPSA) is 64.1 Å². The lowest BCUT2D eigenvalue weighted by Gasteiger charge is -2.14. The Hall–Kier alpha value is -2.80. The lowest BCUT2D eigenvalue weighted by molar-refractivity contribution is 0.283. The molecule has 0 saturated carbocycles. The number of benzene rings is 2. The van der Waals surface area contributed by atoms with Crippen molar-refractivity contribution in [2.75, 3.05) is 12.5 Å². The number of methoxy groups -OCH3 is 1. The molecule has 2 aromatic carbocycles. The Morgan fingerprint density at radius 1 is 1.19 bits per heavy atom. The molecule has 6 nitrogen and oxygen atoms in total. The fourth-order valence-electron chi connectivity index (χ4n) is 2.77. The number of H-pyrrole nitrogens is 1. The summed E-state index contributed by atoms with van der Waals surface area (Å²) in [6, 6.07) is 14.1. The van der Waals surface area contributed by atoms with E-state index in [0.717, 1.165) is 29.1 Å². The molecule has 0 bridgehead atoms. The van der Waals surface area contributed by atoms with Gasteiger partial charge in [-0.2, -0.15) is 5.10 Å². The number of rotatable bonds is 8. The first kappa shape index (κ1) is 19.0. The predicted octanol–water partition coefficient (Wildman–Crippen LogP) is 4.14. The molecule has 1 aromatic heterocycles. The van der Waals surface area contributed by atoms with E-state index < -0.39 is 0 Å². The van der Waals surface area contributed by atoms with E-state index in [9.17, 15) is 0 Å². The number of hydrogen-bond acceptors (Lipinski definition) is 5. The van der Waals surface area contributed by atoms with Gasteiger partial charge in [-0.25, -0.2) is 4.68 Å². The Morgan fingerprint density at radius 3 is 2.74 bits per heavy atom. The largest absolute Gasteiger partial charge is 0.493 e. The maximum Gasteiger partial charge on any atom is 0.214 e. The first-order valence-corrected chi connectivity index (χ1v) is 9.27. The normalized spacial score (nSPS) is 10.6. The molecule has 0 radical (unpaired) electrons. The van der Waals surface area contributed by atoms with Crippen LogP contribution in [-0.2, 0) is 19.6 Å². The molecular formula is C20H24N4O2S. The van der Waals surface area contributed by atoms with E-state index in [2.05, 4.69) is 34.7 Å². The molecule has 7 heteroatoms. The third-order valence-corrected chi connectivity index (χ3v) is 4.65. The van der Waals surface area contributed by atoms with Crippen molar-refractivity contribution in [2.45, 2.75) is 33.4 Å². The van der Waals surface area contributed by atoms with Crippen LogP contribution in [0.5, 0.6) is 11.5 Å². The molecule has 0 saturated heterocycles. The summed E-state index contributed by atoms with van der Waals surface area (Å²) in [5.41, 5.74) is 6.71. The smallest absolute Gasteiger partial charge is 0.214 e. The molecule has 3 rings (SSSR count). The van der Waals surface area contributed by atoms with Crippen LogP contribution in [-0.4, -0.2) is 22.0 Å². The minimum atomic E-state index is 0.505. The number of nitrogens with one attached hydrogen (secondary N) is 2. The summed E-state index contributed by atoms with van der Waals surface area (Å²) in [6.45, 7) is 5.21. The van der Waals surface area contributed by atoms with Gasteiger partial charge in [0.1, 0.15) is 6.61 Å². The molecule has 2 N–H and O–H groups in total. The molecule has 142 valence electrons. The van der Waals surface area contributed by atoms with Crippen molar-refractivity contribution in [1.29, 1.82) is 0 Å². The first-order chi connectivity index (χ1) is 13.1. The standard InChI is InChI=1S/C20H24N4O2S/c1-4-19-22-23-20(27)24(19)21-12-15-9-10-17(18(11-15)25-3)26-13-16-8-6-5-7-14(16)2/h5-11,21H,4,12-13H2,1-3H3,(H,23,27). The van der Waals surface area contributed by atoms with Crippen LogP contribution in [0.4, 0.5) is 0 Å². The van der Waals surface area contributed by atoms with Gasteiger partial charge in [-0.05, 0) is 48.0 Å². The Balaban J connectivity index is 1.69. The van der Waals surface area contributed by atoms with Gasteiger partial charge in [-0.15, -0.1) is 0 Å². The molecule has 3 aromatic rings. The molecule has 1 heterocycles. The van der Waals surface area contributed by atoms with Crippen LogP contribution in [0.1, 0.15) is 29.4 Å². The molecule has 0 spiro atoms. The van der Waals surface area contributed by atoms with Gasteiger partial charge in [0.15, 0.2) is 17.3 Å². The van der Waals surface area contributed by atoms with Gasteiger partial charge < -0.3 is 14.9 Å². The molecule has 0 atom stereocenters. The predicted molar refractivity (Wildman–Crippen MR) is 108 cm³/mol. The van der Waals surface area contributed by atoms with Crippen LogP contribution in [0.15, 0.2) is 42.5 Å².